The van der Waals surface area contributed by atoms with E-state index in [1.54, 1.807) is 0 Å². The van der Waals surface area contributed by atoms with Crippen LogP contribution >= 0.6 is 0 Å². The topological polar surface area (TPSA) is 40.2 Å². The van der Waals surface area contributed by atoms with Crippen molar-refractivity contribution in [1.29, 1.82) is 0 Å². The minimum atomic E-state index is -2.04. The van der Waals surface area contributed by atoms with Crippen molar-refractivity contribution in [2.45, 2.75) is 129 Å². The van der Waals surface area contributed by atoms with E-state index < -0.39 is 8.56 Å². The predicted octanol–water partition coefficient (Wildman–Crippen LogP) is 5.82. The standard InChI is InChI=1S/C23H47NO4Si/c1-8-26-29(7,27-9-2)17-13-16-25-21-18-22(3,4)24(23(5,6)19-21)28-20-14-11-10-12-15-20/h20-21H,8-19H2,1-7H3. The number of piperidine rings is 1. The van der Waals surface area contributed by atoms with Crippen LogP contribution in [-0.2, 0) is 18.4 Å². The molecule has 1 aliphatic heterocycles. The van der Waals surface area contributed by atoms with Gasteiger partial charge in [0.1, 0.15) is 0 Å². The molecule has 2 fully saturated rings. The summed E-state index contributed by atoms with van der Waals surface area (Å²) in [6, 6.07) is 0.991. The highest BCUT2D eigenvalue weighted by molar-refractivity contribution is 6.66. The summed E-state index contributed by atoms with van der Waals surface area (Å²) in [6.07, 6.45) is 10.0. The van der Waals surface area contributed by atoms with Crippen molar-refractivity contribution in [1.82, 2.24) is 5.06 Å². The van der Waals surface area contributed by atoms with Gasteiger partial charge in [0, 0.05) is 30.9 Å². The van der Waals surface area contributed by atoms with Crippen LogP contribution in [0.4, 0.5) is 0 Å². The average molecular weight is 430 g/mol. The molecule has 5 nitrogen and oxygen atoms in total. The van der Waals surface area contributed by atoms with Crippen LogP contribution in [0.3, 0.4) is 0 Å². The molecule has 172 valence electrons. The molecule has 0 radical (unpaired) electrons. The summed E-state index contributed by atoms with van der Waals surface area (Å²) in [5.74, 6) is 0. The Labute approximate surface area is 181 Å². The van der Waals surface area contributed by atoms with Gasteiger partial charge < -0.3 is 13.6 Å². The molecule has 1 saturated carbocycles. The van der Waals surface area contributed by atoms with Gasteiger partial charge in [-0.15, -0.1) is 0 Å². The number of nitrogens with zero attached hydrogens (tertiary/aromatic N) is 1. The minimum absolute atomic E-state index is 0.0240. The number of hydrogen-bond donors (Lipinski definition) is 0. The fraction of sp³-hybridized carbons (Fsp3) is 1.00. The van der Waals surface area contributed by atoms with Gasteiger partial charge in [0.15, 0.2) is 0 Å². The van der Waals surface area contributed by atoms with E-state index in [0.29, 0.717) is 6.10 Å². The van der Waals surface area contributed by atoms with Gasteiger partial charge in [0.05, 0.1) is 12.2 Å². The highest BCUT2D eigenvalue weighted by Crippen LogP contribution is 2.41. The van der Waals surface area contributed by atoms with Gasteiger partial charge >= 0.3 is 8.56 Å². The summed E-state index contributed by atoms with van der Waals surface area (Å²) < 4.78 is 18.3. The number of rotatable bonds is 11. The van der Waals surface area contributed by atoms with Crippen LogP contribution in [0.15, 0.2) is 0 Å². The molecule has 0 spiro atoms. The molecule has 1 heterocycles. The van der Waals surface area contributed by atoms with Crippen molar-refractivity contribution in [3.05, 3.63) is 0 Å². The van der Waals surface area contributed by atoms with E-state index in [2.05, 4.69) is 39.3 Å². The van der Waals surface area contributed by atoms with Gasteiger partial charge in [-0.2, -0.15) is 5.06 Å². The number of ether oxygens (including phenoxy) is 1. The number of hydrogen-bond acceptors (Lipinski definition) is 5. The van der Waals surface area contributed by atoms with Crippen molar-refractivity contribution in [3.8, 4) is 0 Å². The Bertz CT molecular complexity index is 455. The SMILES string of the molecule is CCO[Si](C)(CCCOC1CC(C)(C)N(OC2CCCCC2)C(C)(C)C1)OCC. The highest BCUT2D eigenvalue weighted by Gasteiger charge is 2.47. The smallest absolute Gasteiger partial charge is 0.334 e. The zero-order valence-corrected chi connectivity index (χ0v) is 21.2. The zero-order valence-electron chi connectivity index (χ0n) is 20.2. The maximum Gasteiger partial charge on any atom is 0.334 e. The van der Waals surface area contributed by atoms with E-state index in [1.807, 2.05) is 13.8 Å². The molecule has 0 amide bonds. The lowest BCUT2D eigenvalue weighted by Crippen LogP contribution is -2.62. The lowest BCUT2D eigenvalue weighted by Gasteiger charge is -2.54. The Kier molecular flexibility index (Phi) is 9.63. The fourth-order valence-electron chi connectivity index (χ4n) is 5.33. The molecule has 0 aromatic rings. The maximum absolute atomic E-state index is 6.59. The Morgan fingerprint density at radius 1 is 0.862 bits per heavy atom. The van der Waals surface area contributed by atoms with Gasteiger partial charge in [-0.1, -0.05) is 19.3 Å². The molecule has 6 heteroatoms. The van der Waals surface area contributed by atoms with Gasteiger partial charge in [0.25, 0.3) is 0 Å². The largest absolute Gasteiger partial charge is 0.395 e. The average Bonchev–Trinajstić information content (AvgIpc) is 2.63. The molecule has 29 heavy (non-hydrogen) atoms. The van der Waals surface area contributed by atoms with E-state index in [9.17, 15) is 0 Å². The van der Waals surface area contributed by atoms with Crippen LogP contribution in [0.25, 0.3) is 0 Å². The van der Waals surface area contributed by atoms with E-state index in [4.69, 9.17) is 18.4 Å². The fourth-order valence-corrected chi connectivity index (χ4v) is 7.71. The van der Waals surface area contributed by atoms with E-state index in [1.165, 1.54) is 32.1 Å². The minimum Gasteiger partial charge on any atom is -0.395 e. The lowest BCUT2D eigenvalue weighted by molar-refractivity contribution is -0.319. The first-order chi connectivity index (χ1) is 13.6. The third-order valence-electron chi connectivity index (χ3n) is 6.39. The van der Waals surface area contributed by atoms with E-state index in [-0.39, 0.29) is 17.2 Å². The monoisotopic (exact) mass is 429 g/mol. The molecular weight excluding hydrogens is 382 g/mol. The molecule has 0 bridgehead atoms. The molecule has 0 atom stereocenters. The van der Waals surface area contributed by atoms with Crippen LogP contribution in [0.1, 0.15) is 92.9 Å². The van der Waals surface area contributed by atoms with Crippen LogP contribution < -0.4 is 0 Å². The third kappa shape index (κ3) is 7.58. The number of hydroxylamine groups is 2. The second kappa shape index (κ2) is 11.1. The van der Waals surface area contributed by atoms with Crippen LogP contribution in [-0.4, -0.2) is 56.7 Å². The summed E-state index contributed by atoms with van der Waals surface area (Å²) in [5, 5.41) is 2.31. The maximum atomic E-state index is 6.59. The first-order valence-corrected chi connectivity index (χ1v) is 14.5. The predicted molar refractivity (Wildman–Crippen MR) is 121 cm³/mol. The second-order valence-corrected chi connectivity index (χ2v) is 13.6. The van der Waals surface area contributed by atoms with Crippen molar-refractivity contribution in [3.63, 3.8) is 0 Å². The molecule has 2 aliphatic rings. The third-order valence-corrected chi connectivity index (χ3v) is 9.45. The summed E-state index contributed by atoms with van der Waals surface area (Å²) in [7, 11) is -2.04. The summed E-state index contributed by atoms with van der Waals surface area (Å²) in [4.78, 5) is 6.59. The van der Waals surface area contributed by atoms with Crippen molar-refractivity contribution >= 4 is 8.56 Å². The summed E-state index contributed by atoms with van der Waals surface area (Å²) in [5.41, 5.74) is -0.0481. The molecule has 0 unspecified atom stereocenters. The van der Waals surface area contributed by atoms with Crippen molar-refractivity contribution in [2.24, 2.45) is 0 Å². The Morgan fingerprint density at radius 3 is 1.93 bits per heavy atom. The van der Waals surface area contributed by atoms with Crippen LogP contribution in [0, 0.1) is 0 Å². The van der Waals surface area contributed by atoms with Gasteiger partial charge in [-0.25, -0.2) is 0 Å². The molecular formula is C23H47NO4Si. The Balaban J connectivity index is 1.85. The Morgan fingerprint density at radius 2 is 1.41 bits per heavy atom. The highest BCUT2D eigenvalue weighted by atomic mass is 28.4. The quantitative estimate of drug-likeness (QED) is 0.305. The van der Waals surface area contributed by atoms with Crippen molar-refractivity contribution < 1.29 is 18.4 Å². The zero-order chi connectivity index (χ0) is 21.5. The molecule has 0 aromatic heterocycles. The first kappa shape index (κ1) is 25.3. The first-order valence-electron chi connectivity index (χ1n) is 12.0. The molecule has 0 N–H and O–H groups in total. The lowest BCUT2D eigenvalue weighted by atomic mass is 9.80. The van der Waals surface area contributed by atoms with Crippen LogP contribution in [0.2, 0.25) is 12.6 Å². The molecule has 1 saturated heterocycles. The van der Waals surface area contributed by atoms with Gasteiger partial charge in [-0.05, 0) is 86.2 Å². The molecule has 2 rings (SSSR count). The summed E-state index contributed by atoms with van der Waals surface area (Å²) in [6.45, 7) is 17.7. The Hall–Kier alpha value is 0.0169. The van der Waals surface area contributed by atoms with Gasteiger partial charge in [-0.3, -0.25) is 4.84 Å². The molecule has 0 aromatic carbocycles. The van der Waals surface area contributed by atoms with Gasteiger partial charge in [0.2, 0.25) is 0 Å². The van der Waals surface area contributed by atoms with Crippen LogP contribution in [0.5, 0.6) is 0 Å². The van der Waals surface area contributed by atoms with E-state index in [0.717, 1.165) is 45.1 Å². The normalized spacial score (nSPS) is 24.1. The van der Waals surface area contributed by atoms with E-state index >= 15 is 0 Å². The van der Waals surface area contributed by atoms with Crippen molar-refractivity contribution in [2.75, 3.05) is 19.8 Å². The summed E-state index contributed by atoms with van der Waals surface area (Å²) >= 11 is 0. The second-order valence-electron chi connectivity index (χ2n) is 10.3. The molecule has 1 aliphatic carbocycles.